The minimum atomic E-state index is -0.472. The van der Waals surface area contributed by atoms with E-state index >= 15 is 0 Å². The number of rotatable bonds is 4. The quantitative estimate of drug-likeness (QED) is 0.789. The van der Waals surface area contributed by atoms with Gasteiger partial charge in [0, 0.05) is 31.4 Å². The highest BCUT2D eigenvalue weighted by atomic mass is 32.1. The molecule has 3 heterocycles. The van der Waals surface area contributed by atoms with E-state index in [9.17, 15) is 5.11 Å². The summed E-state index contributed by atoms with van der Waals surface area (Å²) in [7, 11) is 1.88. The molecule has 1 aliphatic heterocycles. The first kappa shape index (κ1) is 15.6. The third-order valence-corrected chi connectivity index (χ3v) is 6.07. The van der Waals surface area contributed by atoms with Gasteiger partial charge in [-0.3, -0.25) is 4.68 Å². The van der Waals surface area contributed by atoms with Gasteiger partial charge in [-0.25, -0.2) is 4.98 Å². The van der Waals surface area contributed by atoms with Crippen LogP contribution in [0.5, 0.6) is 0 Å². The Bertz CT molecular complexity index is 856. The summed E-state index contributed by atoms with van der Waals surface area (Å²) in [4.78, 5) is 7.21. The number of aryl methyl sites for hydroxylation is 2. The van der Waals surface area contributed by atoms with E-state index in [1.54, 1.807) is 22.2 Å². The summed E-state index contributed by atoms with van der Waals surface area (Å²) >= 11 is 1.77. The van der Waals surface area contributed by atoms with Crippen LogP contribution >= 0.6 is 11.3 Å². The van der Waals surface area contributed by atoms with Crippen molar-refractivity contribution >= 4 is 26.7 Å². The molecular weight excluding hydrogens is 320 g/mol. The Morgan fingerprint density at radius 1 is 1.42 bits per heavy atom. The molecule has 1 N–H and O–H groups in total. The SMILES string of the molecule is Cc1cccc2nc(N3CCCC3CC(O)c3cnn(C)c3)sc12. The van der Waals surface area contributed by atoms with Crippen molar-refractivity contribution in [3.63, 3.8) is 0 Å². The molecule has 0 bridgehead atoms. The second-order valence-electron chi connectivity index (χ2n) is 6.61. The number of aliphatic hydroxyl groups is 1. The van der Waals surface area contributed by atoms with Crippen molar-refractivity contribution in [3.05, 3.63) is 41.7 Å². The van der Waals surface area contributed by atoms with Crippen molar-refractivity contribution in [3.8, 4) is 0 Å². The highest BCUT2D eigenvalue weighted by Crippen LogP contribution is 2.37. The van der Waals surface area contributed by atoms with Crippen molar-refractivity contribution in [2.24, 2.45) is 7.05 Å². The number of fused-ring (bicyclic) bond motifs is 1. The van der Waals surface area contributed by atoms with Crippen molar-refractivity contribution in [2.75, 3.05) is 11.4 Å². The lowest BCUT2D eigenvalue weighted by atomic mass is 10.0. The molecule has 2 unspecified atom stereocenters. The monoisotopic (exact) mass is 342 g/mol. The molecule has 126 valence electrons. The van der Waals surface area contributed by atoms with Crippen LogP contribution in [-0.4, -0.2) is 32.5 Å². The number of hydrogen-bond donors (Lipinski definition) is 1. The molecule has 4 rings (SSSR count). The summed E-state index contributed by atoms with van der Waals surface area (Å²) in [5.74, 6) is 0. The first-order valence-corrected chi connectivity index (χ1v) is 9.23. The Morgan fingerprint density at radius 2 is 2.29 bits per heavy atom. The number of benzene rings is 1. The van der Waals surface area contributed by atoms with Gasteiger partial charge in [0.2, 0.25) is 0 Å². The molecule has 2 atom stereocenters. The zero-order chi connectivity index (χ0) is 16.7. The lowest BCUT2D eigenvalue weighted by Crippen LogP contribution is -2.30. The van der Waals surface area contributed by atoms with Gasteiger partial charge in [-0.05, 0) is 37.8 Å². The van der Waals surface area contributed by atoms with Gasteiger partial charge in [0.15, 0.2) is 5.13 Å². The maximum Gasteiger partial charge on any atom is 0.186 e. The van der Waals surface area contributed by atoms with Crippen LogP contribution < -0.4 is 4.90 Å². The topological polar surface area (TPSA) is 54.2 Å². The van der Waals surface area contributed by atoms with Gasteiger partial charge in [-0.1, -0.05) is 23.5 Å². The molecule has 3 aromatic rings. The lowest BCUT2D eigenvalue weighted by Gasteiger charge is -2.25. The van der Waals surface area contributed by atoms with E-state index in [-0.39, 0.29) is 0 Å². The fraction of sp³-hybridized carbons (Fsp3) is 0.444. The van der Waals surface area contributed by atoms with Crippen LogP contribution in [0.15, 0.2) is 30.6 Å². The van der Waals surface area contributed by atoms with E-state index in [0.717, 1.165) is 42.0 Å². The maximum absolute atomic E-state index is 10.5. The summed E-state index contributed by atoms with van der Waals surface area (Å²) in [6.07, 6.45) is 6.16. The number of aromatic nitrogens is 3. The molecule has 2 aromatic heterocycles. The molecular formula is C18H22N4OS. The molecule has 1 aliphatic rings. The lowest BCUT2D eigenvalue weighted by molar-refractivity contribution is 0.158. The standard InChI is InChI=1S/C18H22N4OS/c1-12-5-3-7-15-17(12)24-18(20-15)22-8-4-6-14(22)9-16(23)13-10-19-21(2)11-13/h3,5,7,10-11,14,16,23H,4,6,8-9H2,1-2H3. The largest absolute Gasteiger partial charge is 0.388 e. The van der Waals surface area contributed by atoms with Gasteiger partial charge in [0.25, 0.3) is 0 Å². The van der Waals surface area contributed by atoms with Crippen LogP contribution in [0.25, 0.3) is 10.2 Å². The average molecular weight is 342 g/mol. The second kappa shape index (κ2) is 6.18. The molecule has 0 aliphatic carbocycles. The van der Waals surface area contributed by atoms with E-state index < -0.39 is 6.10 Å². The molecule has 6 heteroatoms. The highest BCUT2D eigenvalue weighted by molar-refractivity contribution is 7.22. The van der Waals surface area contributed by atoms with E-state index in [4.69, 9.17) is 4.98 Å². The smallest absolute Gasteiger partial charge is 0.186 e. The van der Waals surface area contributed by atoms with Crippen LogP contribution in [-0.2, 0) is 7.05 Å². The number of nitrogens with zero attached hydrogens (tertiary/aromatic N) is 4. The highest BCUT2D eigenvalue weighted by Gasteiger charge is 2.29. The normalized spacial score (nSPS) is 19.3. The minimum absolute atomic E-state index is 0.334. The predicted octanol–water partition coefficient (Wildman–Crippen LogP) is 3.43. The first-order valence-electron chi connectivity index (χ1n) is 8.41. The molecule has 0 amide bonds. The van der Waals surface area contributed by atoms with Crippen molar-refractivity contribution in [2.45, 2.75) is 38.3 Å². The molecule has 1 fully saturated rings. The average Bonchev–Trinajstić information content (AvgIpc) is 3.26. The summed E-state index contributed by atoms with van der Waals surface area (Å²) in [6.45, 7) is 3.15. The Balaban J connectivity index is 1.56. The first-order chi connectivity index (χ1) is 11.6. The van der Waals surface area contributed by atoms with Crippen molar-refractivity contribution in [1.29, 1.82) is 0 Å². The van der Waals surface area contributed by atoms with Crippen molar-refractivity contribution in [1.82, 2.24) is 14.8 Å². The number of thiazole rings is 1. The predicted molar refractivity (Wildman–Crippen MR) is 97.5 cm³/mol. The Morgan fingerprint density at radius 3 is 3.04 bits per heavy atom. The van der Waals surface area contributed by atoms with Gasteiger partial charge in [-0.2, -0.15) is 5.10 Å². The zero-order valence-corrected chi connectivity index (χ0v) is 14.8. The number of aliphatic hydroxyl groups excluding tert-OH is 1. The summed E-state index contributed by atoms with van der Waals surface area (Å²) in [5.41, 5.74) is 3.25. The number of hydrogen-bond acceptors (Lipinski definition) is 5. The Hall–Kier alpha value is -1.92. The van der Waals surface area contributed by atoms with Crippen LogP contribution in [0.1, 0.15) is 36.5 Å². The molecule has 1 aromatic carbocycles. The van der Waals surface area contributed by atoms with Gasteiger partial charge < -0.3 is 10.0 Å². The molecule has 1 saturated heterocycles. The number of anilines is 1. The summed E-state index contributed by atoms with van der Waals surface area (Å²) in [6, 6.07) is 6.62. The summed E-state index contributed by atoms with van der Waals surface area (Å²) < 4.78 is 3.01. The third kappa shape index (κ3) is 2.80. The Kier molecular flexibility index (Phi) is 4.02. The molecule has 5 nitrogen and oxygen atoms in total. The van der Waals surface area contributed by atoms with E-state index in [1.807, 2.05) is 13.2 Å². The van der Waals surface area contributed by atoms with E-state index in [1.165, 1.54) is 10.3 Å². The van der Waals surface area contributed by atoms with Gasteiger partial charge >= 0.3 is 0 Å². The fourth-order valence-corrected chi connectivity index (χ4v) is 4.67. The zero-order valence-electron chi connectivity index (χ0n) is 14.0. The van der Waals surface area contributed by atoms with Crippen molar-refractivity contribution < 1.29 is 5.11 Å². The molecule has 0 saturated carbocycles. The second-order valence-corrected chi connectivity index (χ2v) is 7.59. The van der Waals surface area contributed by atoms with E-state index in [2.05, 4.69) is 35.1 Å². The molecule has 0 spiro atoms. The third-order valence-electron chi connectivity index (χ3n) is 4.83. The van der Waals surface area contributed by atoms with Crippen LogP contribution in [0.3, 0.4) is 0 Å². The maximum atomic E-state index is 10.5. The molecule has 24 heavy (non-hydrogen) atoms. The van der Waals surface area contributed by atoms with Crippen LogP contribution in [0.2, 0.25) is 0 Å². The fourth-order valence-electron chi connectivity index (χ4n) is 3.54. The van der Waals surface area contributed by atoms with Crippen LogP contribution in [0.4, 0.5) is 5.13 Å². The van der Waals surface area contributed by atoms with Crippen LogP contribution in [0, 0.1) is 6.92 Å². The van der Waals surface area contributed by atoms with E-state index in [0.29, 0.717) is 6.04 Å². The Labute approximate surface area is 145 Å². The minimum Gasteiger partial charge on any atom is -0.388 e. The van der Waals surface area contributed by atoms with Gasteiger partial charge in [-0.15, -0.1) is 0 Å². The molecule has 0 radical (unpaired) electrons. The van der Waals surface area contributed by atoms with Gasteiger partial charge in [0.05, 0.1) is 22.5 Å². The summed E-state index contributed by atoms with van der Waals surface area (Å²) in [5, 5.41) is 15.8. The van der Waals surface area contributed by atoms with Gasteiger partial charge in [0.1, 0.15) is 0 Å².